The molecular formula is C23H22F5N3O4S. The maximum Gasteiger partial charge on any atom is 0.423 e. The number of nitrogens with zero attached hydrogens (tertiary/aromatic N) is 2. The molecule has 0 aliphatic carbocycles. The van der Waals surface area contributed by atoms with E-state index >= 15 is 0 Å². The summed E-state index contributed by atoms with van der Waals surface area (Å²) in [6, 6.07) is 13.4. The fraction of sp³-hybridized carbons (Fsp3) is 0.304. The zero-order valence-electron chi connectivity index (χ0n) is 19.0. The number of aromatic nitrogens is 2. The maximum atomic E-state index is 13.5. The Bertz CT molecular complexity index is 1260. The molecule has 0 amide bonds. The molecule has 13 heteroatoms. The van der Waals surface area contributed by atoms with Gasteiger partial charge in [-0.05, 0) is 43.7 Å². The monoisotopic (exact) mass is 531 g/mol. The van der Waals surface area contributed by atoms with Crippen LogP contribution >= 0.6 is 0 Å². The van der Waals surface area contributed by atoms with Gasteiger partial charge in [0.1, 0.15) is 11.7 Å². The van der Waals surface area contributed by atoms with Crippen LogP contribution in [-0.2, 0) is 27.4 Å². The normalized spacial score (nSPS) is 13.9. The summed E-state index contributed by atoms with van der Waals surface area (Å²) >= 11 is 0. The Balaban J connectivity index is 1.76. The van der Waals surface area contributed by atoms with Gasteiger partial charge >= 0.3 is 11.9 Å². The second-order valence-electron chi connectivity index (χ2n) is 7.69. The first kappa shape index (κ1) is 27.3. The molecule has 0 spiro atoms. The first-order valence-electron chi connectivity index (χ1n) is 10.5. The molecule has 1 N–H and O–H groups in total. The van der Waals surface area contributed by atoms with E-state index in [1.165, 1.54) is 6.92 Å². The molecule has 1 aromatic heterocycles. The van der Waals surface area contributed by atoms with Gasteiger partial charge in [-0.2, -0.15) is 26.9 Å². The number of rotatable bonds is 10. The van der Waals surface area contributed by atoms with Crippen molar-refractivity contribution >= 4 is 21.5 Å². The van der Waals surface area contributed by atoms with E-state index in [9.17, 15) is 30.4 Å². The van der Waals surface area contributed by atoms with E-state index in [4.69, 9.17) is 9.47 Å². The predicted octanol–water partition coefficient (Wildman–Crippen LogP) is 5.61. The van der Waals surface area contributed by atoms with Crippen molar-refractivity contribution < 1.29 is 39.8 Å². The average molecular weight is 532 g/mol. The molecule has 3 aromatic rings. The highest BCUT2D eigenvalue weighted by molar-refractivity contribution is 7.91. The summed E-state index contributed by atoms with van der Waals surface area (Å²) in [6.07, 6.45) is -5.67. The van der Waals surface area contributed by atoms with Crippen molar-refractivity contribution in [2.45, 2.75) is 49.5 Å². The van der Waals surface area contributed by atoms with Crippen molar-refractivity contribution in [3.63, 3.8) is 0 Å². The zero-order chi connectivity index (χ0) is 26.5. The van der Waals surface area contributed by atoms with Crippen LogP contribution in [0.4, 0.5) is 33.6 Å². The lowest BCUT2D eigenvalue weighted by molar-refractivity contribution is -0.140. The van der Waals surface area contributed by atoms with Crippen molar-refractivity contribution in [2.75, 3.05) is 5.32 Å². The summed E-state index contributed by atoms with van der Waals surface area (Å²) in [5.41, 5.74) is -0.163. The number of hydrogen-bond acceptors (Lipinski definition) is 7. The Labute approximate surface area is 204 Å². The molecule has 194 valence electrons. The molecule has 2 aromatic carbocycles. The van der Waals surface area contributed by atoms with E-state index in [0.717, 1.165) is 29.8 Å². The Kier molecular flexibility index (Phi) is 8.46. The summed E-state index contributed by atoms with van der Waals surface area (Å²) in [4.78, 5) is 6.84. The number of anilines is 2. The van der Waals surface area contributed by atoms with Crippen LogP contribution in [0.1, 0.15) is 25.0 Å². The molecule has 7 nitrogen and oxygen atoms in total. The zero-order valence-corrected chi connectivity index (χ0v) is 19.9. The van der Waals surface area contributed by atoms with Crippen LogP contribution in [0.15, 0.2) is 65.7 Å². The lowest BCUT2D eigenvalue weighted by Crippen LogP contribution is -2.30. The Morgan fingerprint density at radius 2 is 1.61 bits per heavy atom. The van der Waals surface area contributed by atoms with Crippen LogP contribution in [0.3, 0.4) is 0 Å². The Morgan fingerprint density at radius 1 is 0.972 bits per heavy atom. The highest BCUT2D eigenvalue weighted by Gasteiger charge is 2.37. The molecule has 1 heterocycles. The van der Waals surface area contributed by atoms with Crippen molar-refractivity contribution in [3.8, 4) is 5.88 Å². The standard InChI is InChI=1S/C23H22F5N3O4S/c1-14(34-13-16-6-4-3-5-7-16)15(2)35-20-19(23(26,27)28)12-29-22(31-20)30-17-8-10-18(11-9-17)36(32,33)21(24)25/h3-12,14-15,21H,13H2,1-2H3,(H,29,30,31). The van der Waals surface area contributed by atoms with Gasteiger partial charge in [0.15, 0.2) is 0 Å². The largest absolute Gasteiger partial charge is 0.471 e. The predicted molar refractivity (Wildman–Crippen MR) is 121 cm³/mol. The molecule has 0 saturated heterocycles. The number of halogens is 5. The summed E-state index contributed by atoms with van der Waals surface area (Å²) in [5, 5.41) is 2.60. The average Bonchev–Trinajstić information content (AvgIpc) is 2.82. The molecule has 36 heavy (non-hydrogen) atoms. The number of hydrogen-bond donors (Lipinski definition) is 1. The maximum absolute atomic E-state index is 13.5. The fourth-order valence-corrected chi connectivity index (χ4v) is 3.60. The number of benzene rings is 2. The lowest BCUT2D eigenvalue weighted by atomic mass is 10.2. The molecule has 3 rings (SSSR count). The highest BCUT2D eigenvalue weighted by atomic mass is 32.2. The van der Waals surface area contributed by atoms with E-state index in [2.05, 4.69) is 15.3 Å². The highest BCUT2D eigenvalue weighted by Crippen LogP contribution is 2.36. The number of ether oxygens (including phenoxy) is 2. The van der Waals surface area contributed by atoms with Crippen LogP contribution in [0.25, 0.3) is 0 Å². The van der Waals surface area contributed by atoms with E-state index in [-0.39, 0.29) is 18.2 Å². The third kappa shape index (κ3) is 6.88. The minimum absolute atomic E-state index is 0.154. The number of nitrogens with one attached hydrogen (secondary N) is 1. The van der Waals surface area contributed by atoms with Crippen LogP contribution < -0.4 is 10.1 Å². The second-order valence-corrected chi connectivity index (χ2v) is 9.61. The first-order chi connectivity index (χ1) is 16.9. The van der Waals surface area contributed by atoms with Crippen LogP contribution in [0.5, 0.6) is 5.88 Å². The molecule has 2 unspecified atom stereocenters. The summed E-state index contributed by atoms with van der Waals surface area (Å²) < 4.78 is 100. The topological polar surface area (TPSA) is 90.4 Å². The molecule has 0 fully saturated rings. The minimum atomic E-state index is -4.80. The molecular weight excluding hydrogens is 509 g/mol. The van der Waals surface area contributed by atoms with E-state index in [0.29, 0.717) is 6.20 Å². The van der Waals surface area contributed by atoms with E-state index in [1.807, 2.05) is 30.3 Å². The Morgan fingerprint density at radius 3 is 2.19 bits per heavy atom. The Hall–Kier alpha value is -3.32. The number of alkyl halides is 5. The van der Waals surface area contributed by atoms with Gasteiger partial charge in [0, 0.05) is 11.9 Å². The number of sulfone groups is 1. The SMILES string of the molecule is CC(OCc1ccccc1)C(C)Oc1nc(Nc2ccc(S(=O)(=O)C(F)F)cc2)ncc1C(F)(F)F. The molecule has 0 saturated carbocycles. The quantitative estimate of drug-likeness (QED) is 0.340. The summed E-state index contributed by atoms with van der Waals surface area (Å²) in [7, 11) is -4.79. The third-order valence-corrected chi connectivity index (χ3v) is 6.45. The minimum Gasteiger partial charge on any atom is -0.471 e. The van der Waals surface area contributed by atoms with Gasteiger partial charge in [-0.25, -0.2) is 13.4 Å². The van der Waals surface area contributed by atoms with Gasteiger partial charge in [-0.15, -0.1) is 0 Å². The van der Waals surface area contributed by atoms with Gasteiger partial charge in [0.2, 0.25) is 21.7 Å². The van der Waals surface area contributed by atoms with Crippen molar-refractivity contribution in [1.82, 2.24) is 9.97 Å². The fourth-order valence-electron chi connectivity index (χ4n) is 2.88. The molecule has 0 radical (unpaired) electrons. The van der Waals surface area contributed by atoms with Gasteiger partial charge in [-0.1, -0.05) is 30.3 Å². The van der Waals surface area contributed by atoms with Crippen molar-refractivity contribution in [3.05, 3.63) is 71.9 Å². The second kappa shape index (κ2) is 11.2. The van der Waals surface area contributed by atoms with Gasteiger partial charge in [0.25, 0.3) is 0 Å². The summed E-state index contributed by atoms with van der Waals surface area (Å²) in [5.74, 6) is -4.61. The molecule has 0 aliphatic rings. The molecule has 0 aliphatic heterocycles. The van der Waals surface area contributed by atoms with E-state index < -0.39 is 50.3 Å². The van der Waals surface area contributed by atoms with Gasteiger partial charge in [0.05, 0.1) is 17.6 Å². The van der Waals surface area contributed by atoms with Crippen molar-refractivity contribution in [1.29, 1.82) is 0 Å². The van der Waals surface area contributed by atoms with Gasteiger partial charge in [-0.3, -0.25) is 0 Å². The van der Waals surface area contributed by atoms with Crippen LogP contribution in [0, 0.1) is 0 Å². The molecule has 2 atom stereocenters. The lowest BCUT2D eigenvalue weighted by Gasteiger charge is -2.23. The van der Waals surface area contributed by atoms with Crippen LogP contribution in [0.2, 0.25) is 0 Å². The molecule has 0 bridgehead atoms. The van der Waals surface area contributed by atoms with Gasteiger partial charge < -0.3 is 14.8 Å². The smallest absolute Gasteiger partial charge is 0.423 e. The van der Waals surface area contributed by atoms with E-state index in [1.54, 1.807) is 6.92 Å². The van der Waals surface area contributed by atoms with Crippen LogP contribution in [-0.4, -0.2) is 36.4 Å². The summed E-state index contributed by atoms with van der Waals surface area (Å²) in [6.45, 7) is 3.42. The van der Waals surface area contributed by atoms with Crippen molar-refractivity contribution in [2.24, 2.45) is 0 Å². The first-order valence-corrected chi connectivity index (χ1v) is 12.1. The third-order valence-electron chi connectivity index (χ3n) is 5.05.